The van der Waals surface area contributed by atoms with Gasteiger partial charge in [0.15, 0.2) is 15.0 Å². The minimum Gasteiger partial charge on any atom is -0.368 e. The maximum Gasteiger partial charge on any atom is 0.277 e. The van der Waals surface area contributed by atoms with Crippen LogP contribution >= 0.6 is 35.0 Å². The van der Waals surface area contributed by atoms with Gasteiger partial charge in [0.1, 0.15) is 6.10 Å². The molecule has 0 aromatic heterocycles. The van der Waals surface area contributed by atoms with Gasteiger partial charge in [0.2, 0.25) is 0 Å². The van der Waals surface area contributed by atoms with E-state index in [9.17, 15) is 13.2 Å². The Morgan fingerprint density at radius 1 is 1.23 bits per heavy atom. The number of thioether (sulfide) groups is 1. The lowest BCUT2D eigenvalue weighted by atomic mass is 10.2. The number of aliphatic imine (C=N–C) groups is 1. The van der Waals surface area contributed by atoms with Crippen LogP contribution in [0, 0.1) is 0 Å². The summed E-state index contributed by atoms with van der Waals surface area (Å²) in [5, 5.41) is 1.18. The van der Waals surface area contributed by atoms with Crippen LogP contribution in [0.1, 0.15) is 12.8 Å². The lowest BCUT2D eigenvalue weighted by molar-refractivity contribution is -0.126. The second-order valence-electron chi connectivity index (χ2n) is 6.53. The third kappa shape index (κ3) is 3.62. The van der Waals surface area contributed by atoms with Gasteiger partial charge in [-0.25, -0.2) is 8.42 Å². The van der Waals surface area contributed by atoms with Crippen molar-refractivity contribution in [3.8, 4) is 0 Å². The Balaban J connectivity index is 1.72. The van der Waals surface area contributed by atoms with Gasteiger partial charge in [-0.3, -0.25) is 4.79 Å². The fourth-order valence-electron chi connectivity index (χ4n) is 3.48. The second kappa shape index (κ2) is 6.98. The van der Waals surface area contributed by atoms with E-state index in [2.05, 4.69) is 4.99 Å². The molecule has 0 bridgehead atoms. The summed E-state index contributed by atoms with van der Waals surface area (Å²) >= 11 is 13.6. The van der Waals surface area contributed by atoms with Crippen molar-refractivity contribution >= 4 is 61.6 Å². The van der Waals surface area contributed by atoms with Gasteiger partial charge in [0, 0.05) is 27.6 Å². The molecule has 26 heavy (non-hydrogen) atoms. The fourth-order valence-corrected chi connectivity index (χ4v) is 7.92. The van der Waals surface area contributed by atoms with Gasteiger partial charge in [-0.15, -0.1) is 0 Å². The van der Waals surface area contributed by atoms with E-state index < -0.39 is 15.9 Å². The molecule has 0 aliphatic carbocycles. The molecule has 140 valence electrons. The molecule has 3 aliphatic heterocycles. The Labute approximate surface area is 165 Å². The van der Waals surface area contributed by atoms with Crippen molar-refractivity contribution in [2.75, 3.05) is 23.0 Å². The smallest absolute Gasteiger partial charge is 0.277 e. The normalized spacial score (nSPS) is 31.5. The molecule has 0 saturated carbocycles. The lowest BCUT2D eigenvalue weighted by Gasteiger charge is -2.25. The molecule has 1 aromatic rings. The Hall–Kier alpha value is -0.800. The molecule has 0 radical (unpaired) electrons. The van der Waals surface area contributed by atoms with Crippen molar-refractivity contribution in [2.45, 2.75) is 30.2 Å². The zero-order chi connectivity index (χ0) is 18.5. The standard InChI is InChI=1S/C16H16Cl2N2O4S2/c17-9-4-10(18)6-11(5-9)20-12-7-26(22,23)8-14(12)25-16(20)19-15(21)13-2-1-3-24-13/h4-6,12-14H,1-3,7-8H2/t12-,13+,14-/m1/s1. The van der Waals surface area contributed by atoms with Crippen LogP contribution in [0.15, 0.2) is 23.2 Å². The van der Waals surface area contributed by atoms with E-state index in [1.165, 1.54) is 11.8 Å². The van der Waals surface area contributed by atoms with E-state index >= 15 is 0 Å². The molecule has 0 unspecified atom stereocenters. The zero-order valence-corrected chi connectivity index (χ0v) is 16.7. The number of ether oxygens (including phenoxy) is 1. The van der Waals surface area contributed by atoms with Crippen LogP contribution in [0.5, 0.6) is 0 Å². The number of anilines is 1. The molecule has 1 amide bonds. The maximum absolute atomic E-state index is 12.4. The van der Waals surface area contributed by atoms with Crippen molar-refractivity contribution < 1.29 is 17.9 Å². The fraction of sp³-hybridized carbons (Fsp3) is 0.500. The molecule has 6 nitrogen and oxygen atoms in total. The number of fused-ring (bicyclic) bond motifs is 1. The highest BCUT2D eigenvalue weighted by Crippen LogP contribution is 2.42. The van der Waals surface area contributed by atoms with Crippen LogP contribution in [0.4, 0.5) is 5.69 Å². The topological polar surface area (TPSA) is 76.0 Å². The second-order valence-corrected chi connectivity index (χ2v) is 10.8. The van der Waals surface area contributed by atoms with E-state index in [-0.39, 0.29) is 28.7 Å². The molecule has 4 rings (SSSR count). The zero-order valence-electron chi connectivity index (χ0n) is 13.6. The lowest BCUT2D eigenvalue weighted by Crippen LogP contribution is -2.38. The maximum atomic E-state index is 12.4. The summed E-state index contributed by atoms with van der Waals surface area (Å²) in [6.07, 6.45) is 0.979. The summed E-state index contributed by atoms with van der Waals surface area (Å²) in [5.74, 6) is -0.242. The number of rotatable bonds is 2. The van der Waals surface area contributed by atoms with Crippen molar-refractivity contribution in [3.05, 3.63) is 28.2 Å². The predicted molar refractivity (Wildman–Crippen MR) is 104 cm³/mol. The minimum atomic E-state index is -3.13. The molecular formula is C16H16Cl2N2O4S2. The molecular weight excluding hydrogens is 419 g/mol. The summed E-state index contributed by atoms with van der Waals surface area (Å²) in [7, 11) is -3.13. The third-order valence-corrected chi connectivity index (χ3v) is 8.25. The van der Waals surface area contributed by atoms with Crippen molar-refractivity contribution in [2.24, 2.45) is 4.99 Å². The van der Waals surface area contributed by atoms with Crippen molar-refractivity contribution in [1.29, 1.82) is 0 Å². The highest BCUT2D eigenvalue weighted by Gasteiger charge is 2.49. The average Bonchev–Trinajstić information content (AvgIpc) is 3.20. The summed E-state index contributed by atoms with van der Waals surface area (Å²) < 4.78 is 29.6. The van der Waals surface area contributed by atoms with Crippen LogP contribution in [0.2, 0.25) is 10.0 Å². The number of carbonyl (C=O) groups excluding carboxylic acids is 1. The number of halogens is 2. The number of carbonyl (C=O) groups is 1. The van der Waals surface area contributed by atoms with Gasteiger partial charge < -0.3 is 9.64 Å². The number of nitrogens with zero attached hydrogens (tertiary/aromatic N) is 2. The SMILES string of the molecule is O=C(N=C1S[C@@H]2CS(=O)(=O)C[C@H]2N1c1cc(Cl)cc(Cl)c1)[C@@H]1CCCO1. The Morgan fingerprint density at radius 3 is 2.62 bits per heavy atom. The number of hydrogen-bond acceptors (Lipinski definition) is 5. The van der Waals surface area contributed by atoms with Gasteiger partial charge in [-0.1, -0.05) is 35.0 Å². The molecule has 3 heterocycles. The summed E-state index contributed by atoms with van der Waals surface area (Å²) in [6.45, 7) is 0.561. The van der Waals surface area contributed by atoms with Crippen molar-refractivity contribution in [3.63, 3.8) is 0 Å². The Bertz CT molecular complexity index is 864. The van der Waals surface area contributed by atoms with Gasteiger partial charge in [0.25, 0.3) is 5.91 Å². The molecule has 3 saturated heterocycles. The molecule has 3 fully saturated rings. The number of sulfone groups is 1. The number of amides is 1. The van der Waals surface area contributed by atoms with Gasteiger partial charge in [0.05, 0.1) is 17.5 Å². The average molecular weight is 435 g/mol. The molecule has 1 aromatic carbocycles. The quantitative estimate of drug-likeness (QED) is 0.711. The largest absolute Gasteiger partial charge is 0.368 e. The minimum absolute atomic E-state index is 0.0158. The van der Waals surface area contributed by atoms with Gasteiger partial charge in [-0.05, 0) is 31.0 Å². The Morgan fingerprint density at radius 2 is 1.96 bits per heavy atom. The summed E-state index contributed by atoms with van der Waals surface area (Å²) in [5.41, 5.74) is 0.637. The van der Waals surface area contributed by atoms with Crippen LogP contribution in [-0.2, 0) is 19.4 Å². The third-order valence-electron chi connectivity index (χ3n) is 4.60. The van der Waals surface area contributed by atoms with Gasteiger partial charge in [-0.2, -0.15) is 4.99 Å². The first kappa shape index (κ1) is 18.6. The molecule has 3 aliphatic rings. The van der Waals surface area contributed by atoms with E-state index in [1.54, 1.807) is 23.1 Å². The molecule has 3 atom stereocenters. The van der Waals surface area contributed by atoms with Crippen LogP contribution in [0.25, 0.3) is 0 Å². The van der Waals surface area contributed by atoms with E-state index in [4.69, 9.17) is 27.9 Å². The first-order chi connectivity index (χ1) is 12.3. The summed E-state index contributed by atoms with van der Waals surface area (Å²) in [6, 6.07) is 4.71. The highest BCUT2D eigenvalue weighted by molar-refractivity contribution is 8.16. The van der Waals surface area contributed by atoms with Crippen LogP contribution in [0.3, 0.4) is 0 Å². The number of hydrogen-bond donors (Lipinski definition) is 0. The first-order valence-electron chi connectivity index (χ1n) is 8.19. The number of amidine groups is 1. The van der Waals surface area contributed by atoms with Crippen molar-refractivity contribution in [1.82, 2.24) is 0 Å². The molecule has 0 N–H and O–H groups in total. The summed E-state index contributed by atoms with van der Waals surface area (Å²) in [4.78, 5) is 18.5. The molecule has 0 spiro atoms. The van der Waals surface area contributed by atoms with E-state index in [0.717, 1.165) is 6.42 Å². The van der Waals surface area contributed by atoms with Crippen LogP contribution in [-0.4, -0.2) is 55.0 Å². The predicted octanol–water partition coefficient (Wildman–Crippen LogP) is 2.77. The number of benzene rings is 1. The van der Waals surface area contributed by atoms with E-state index in [1.807, 2.05) is 0 Å². The highest BCUT2D eigenvalue weighted by atomic mass is 35.5. The van der Waals surface area contributed by atoms with Gasteiger partial charge >= 0.3 is 0 Å². The Kier molecular flexibility index (Phi) is 4.98. The molecule has 10 heteroatoms. The monoisotopic (exact) mass is 434 g/mol. The first-order valence-corrected chi connectivity index (χ1v) is 11.6. The van der Waals surface area contributed by atoms with E-state index in [0.29, 0.717) is 33.9 Å². The van der Waals surface area contributed by atoms with Crippen LogP contribution < -0.4 is 4.90 Å².